The highest BCUT2D eigenvalue weighted by atomic mass is 35.5. The number of amides is 1. The van der Waals surface area contributed by atoms with Crippen molar-refractivity contribution in [1.82, 2.24) is 0 Å². The number of fused-ring (bicyclic) bond motifs is 1. The fourth-order valence-electron chi connectivity index (χ4n) is 2.75. The third-order valence-electron chi connectivity index (χ3n) is 4.00. The number of hydrogen-bond donors (Lipinski definition) is 1. The molecular formula is C16H14Cl2N2O. The van der Waals surface area contributed by atoms with Crippen LogP contribution in [0.2, 0.25) is 10.0 Å². The van der Waals surface area contributed by atoms with Crippen LogP contribution in [-0.2, 0) is 10.3 Å². The Hall–Kier alpha value is -1.55. The molecule has 108 valence electrons. The second-order valence-corrected chi connectivity index (χ2v) is 6.14. The summed E-state index contributed by atoms with van der Waals surface area (Å²) < 4.78 is 0. The first-order chi connectivity index (χ1) is 9.85. The van der Waals surface area contributed by atoms with E-state index in [0.717, 1.165) is 16.8 Å². The second-order valence-electron chi connectivity index (χ2n) is 5.30. The molecule has 2 aromatic carbocycles. The lowest BCUT2D eigenvalue weighted by atomic mass is 9.84. The van der Waals surface area contributed by atoms with Gasteiger partial charge in [-0.2, -0.15) is 0 Å². The van der Waals surface area contributed by atoms with Crippen LogP contribution in [0.15, 0.2) is 36.4 Å². The van der Waals surface area contributed by atoms with Crippen LogP contribution < -0.4 is 10.6 Å². The Kier molecular flexibility index (Phi) is 3.24. The van der Waals surface area contributed by atoms with Crippen LogP contribution >= 0.6 is 23.2 Å². The van der Waals surface area contributed by atoms with Gasteiger partial charge in [0.25, 0.3) is 5.91 Å². The van der Waals surface area contributed by atoms with Gasteiger partial charge in [0, 0.05) is 22.7 Å². The molecule has 1 heterocycles. The van der Waals surface area contributed by atoms with Crippen molar-refractivity contribution in [2.75, 3.05) is 11.9 Å². The van der Waals surface area contributed by atoms with E-state index in [1.165, 1.54) is 0 Å². The molecule has 0 saturated heterocycles. The highest BCUT2D eigenvalue weighted by Crippen LogP contribution is 2.44. The highest BCUT2D eigenvalue weighted by molar-refractivity contribution is 6.32. The lowest BCUT2D eigenvalue weighted by molar-refractivity contribution is -0.121. The number of carbonyl (C=O) groups excluding carboxylic acids is 1. The quantitative estimate of drug-likeness (QED) is 0.874. The Morgan fingerprint density at radius 3 is 2.38 bits per heavy atom. The molecule has 3 rings (SSSR count). The smallest absolute Gasteiger partial charge is 0.256 e. The summed E-state index contributed by atoms with van der Waals surface area (Å²) in [4.78, 5) is 14.3. The van der Waals surface area contributed by atoms with E-state index in [-0.39, 0.29) is 5.91 Å². The number of anilines is 1. The molecule has 0 bridgehead atoms. The lowest BCUT2D eigenvalue weighted by Crippen LogP contribution is -2.47. The topological polar surface area (TPSA) is 46.3 Å². The number of nitrogens with zero attached hydrogens (tertiary/aromatic N) is 1. The van der Waals surface area contributed by atoms with Crippen molar-refractivity contribution in [3.63, 3.8) is 0 Å². The van der Waals surface area contributed by atoms with Gasteiger partial charge < -0.3 is 10.6 Å². The highest BCUT2D eigenvalue weighted by Gasteiger charge is 2.48. The molecule has 1 aliphatic heterocycles. The number of nitrogens with two attached hydrogens (primary N) is 1. The third-order valence-corrected chi connectivity index (χ3v) is 4.66. The summed E-state index contributed by atoms with van der Waals surface area (Å²) in [6.07, 6.45) is 0. The molecule has 3 nitrogen and oxygen atoms in total. The van der Waals surface area contributed by atoms with Gasteiger partial charge in [-0.15, -0.1) is 0 Å². The summed E-state index contributed by atoms with van der Waals surface area (Å²) in [7, 11) is 1.71. The van der Waals surface area contributed by atoms with E-state index in [0.29, 0.717) is 15.6 Å². The van der Waals surface area contributed by atoms with Gasteiger partial charge in [0.1, 0.15) is 5.54 Å². The number of carbonyl (C=O) groups is 1. The van der Waals surface area contributed by atoms with E-state index in [9.17, 15) is 4.79 Å². The molecule has 0 radical (unpaired) electrons. The Morgan fingerprint density at radius 1 is 1.14 bits per heavy atom. The normalized spacial score (nSPS) is 20.8. The molecule has 0 fully saturated rings. The van der Waals surface area contributed by atoms with Gasteiger partial charge in [-0.1, -0.05) is 35.3 Å². The van der Waals surface area contributed by atoms with Crippen molar-refractivity contribution < 1.29 is 4.79 Å². The number of likely N-dealkylation sites (N-methyl/N-ethyl adjacent to an activating group) is 1. The fraction of sp³-hybridized carbons (Fsp3) is 0.188. The van der Waals surface area contributed by atoms with Crippen molar-refractivity contribution in [2.24, 2.45) is 5.73 Å². The molecule has 5 heteroatoms. The molecular weight excluding hydrogens is 307 g/mol. The maximum absolute atomic E-state index is 12.7. The number of aryl methyl sites for hydroxylation is 1. The number of hydrogen-bond acceptors (Lipinski definition) is 2. The zero-order valence-corrected chi connectivity index (χ0v) is 13.2. The molecule has 0 spiro atoms. The zero-order valence-electron chi connectivity index (χ0n) is 11.7. The Bertz CT molecular complexity index is 743. The van der Waals surface area contributed by atoms with Gasteiger partial charge in [0.15, 0.2) is 0 Å². The molecule has 0 saturated carbocycles. The average Bonchev–Trinajstić information content (AvgIpc) is 2.64. The Morgan fingerprint density at radius 2 is 1.76 bits per heavy atom. The minimum atomic E-state index is -1.20. The van der Waals surface area contributed by atoms with Gasteiger partial charge in [0.05, 0.1) is 5.69 Å². The van der Waals surface area contributed by atoms with Crippen LogP contribution in [0.3, 0.4) is 0 Å². The van der Waals surface area contributed by atoms with E-state index in [4.69, 9.17) is 28.9 Å². The first-order valence-corrected chi connectivity index (χ1v) is 7.25. The van der Waals surface area contributed by atoms with Gasteiger partial charge >= 0.3 is 0 Å². The van der Waals surface area contributed by atoms with Crippen LogP contribution in [0.5, 0.6) is 0 Å². The number of rotatable bonds is 1. The second kappa shape index (κ2) is 4.73. The van der Waals surface area contributed by atoms with Gasteiger partial charge in [-0.05, 0) is 42.3 Å². The fourth-order valence-corrected chi connectivity index (χ4v) is 3.03. The third kappa shape index (κ3) is 1.96. The summed E-state index contributed by atoms with van der Waals surface area (Å²) in [6, 6.07) is 10.7. The Labute approximate surface area is 133 Å². The van der Waals surface area contributed by atoms with Crippen LogP contribution in [0.25, 0.3) is 0 Å². The maximum atomic E-state index is 12.7. The largest absolute Gasteiger partial charge is 0.313 e. The molecule has 0 aliphatic carbocycles. The van der Waals surface area contributed by atoms with Crippen molar-refractivity contribution in [3.05, 3.63) is 63.1 Å². The van der Waals surface area contributed by atoms with E-state index in [1.54, 1.807) is 42.3 Å². The van der Waals surface area contributed by atoms with Crippen molar-refractivity contribution >= 4 is 34.8 Å². The summed E-state index contributed by atoms with van der Waals surface area (Å²) in [5.74, 6) is -0.179. The first kappa shape index (κ1) is 14.4. The Balaban J connectivity index is 2.27. The standard InChI is InChI=1S/C16H14Cl2N2O/c1-9-7-12-14(8-13(9)18)20(2)15(21)16(12,19)10-3-5-11(17)6-4-10/h3-8H,19H2,1-2H3. The predicted molar refractivity (Wildman–Crippen MR) is 86.0 cm³/mol. The van der Waals surface area contributed by atoms with Gasteiger partial charge in [-0.25, -0.2) is 0 Å². The zero-order chi connectivity index (χ0) is 15.4. The van der Waals surface area contributed by atoms with Gasteiger partial charge in [-0.3, -0.25) is 4.79 Å². The molecule has 1 unspecified atom stereocenters. The number of benzene rings is 2. The minimum absolute atomic E-state index is 0.179. The summed E-state index contributed by atoms with van der Waals surface area (Å²) in [5.41, 5.74) is 8.42. The maximum Gasteiger partial charge on any atom is 0.256 e. The van der Waals surface area contributed by atoms with Crippen LogP contribution in [-0.4, -0.2) is 13.0 Å². The monoisotopic (exact) mass is 320 g/mol. The minimum Gasteiger partial charge on any atom is -0.313 e. The molecule has 1 aliphatic rings. The SMILES string of the molecule is Cc1cc2c(cc1Cl)N(C)C(=O)C2(N)c1ccc(Cl)cc1. The molecule has 2 N–H and O–H groups in total. The van der Waals surface area contributed by atoms with Gasteiger partial charge in [0.2, 0.25) is 0 Å². The summed E-state index contributed by atoms with van der Waals surface area (Å²) >= 11 is 12.1. The average molecular weight is 321 g/mol. The van der Waals surface area contributed by atoms with Crippen molar-refractivity contribution in [1.29, 1.82) is 0 Å². The molecule has 1 amide bonds. The van der Waals surface area contributed by atoms with Crippen molar-refractivity contribution in [2.45, 2.75) is 12.5 Å². The predicted octanol–water partition coefficient (Wildman–Crippen LogP) is 3.48. The van der Waals surface area contributed by atoms with Crippen molar-refractivity contribution in [3.8, 4) is 0 Å². The summed E-state index contributed by atoms with van der Waals surface area (Å²) in [5, 5.41) is 1.22. The lowest BCUT2D eigenvalue weighted by Gasteiger charge is -2.24. The van der Waals surface area contributed by atoms with Crippen LogP contribution in [0.1, 0.15) is 16.7 Å². The number of halogens is 2. The first-order valence-electron chi connectivity index (χ1n) is 6.49. The van der Waals surface area contributed by atoms with Crippen LogP contribution in [0.4, 0.5) is 5.69 Å². The molecule has 21 heavy (non-hydrogen) atoms. The molecule has 2 aromatic rings. The van der Waals surface area contributed by atoms with E-state index >= 15 is 0 Å². The molecule has 1 atom stereocenters. The van der Waals surface area contributed by atoms with Crippen LogP contribution in [0, 0.1) is 6.92 Å². The van der Waals surface area contributed by atoms with E-state index in [2.05, 4.69) is 0 Å². The van der Waals surface area contributed by atoms with E-state index < -0.39 is 5.54 Å². The van der Waals surface area contributed by atoms with E-state index in [1.807, 2.05) is 13.0 Å². The molecule has 0 aromatic heterocycles. The summed E-state index contributed by atoms with van der Waals surface area (Å²) in [6.45, 7) is 1.90.